The van der Waals surface area contributed by atoms with E-state index < -0.39 is 0 Å². The molecule has 0 aliphatic rings. The summed E-state index contributed by atoms with van der Waals surface area (Å²) < 4.78 is 0. The van der Waals surface area contributed by atoms with Gasteiger partial charge in [-0.25, -0.2) is 0 Å². The predicted molar refractivity (Wildman–Crippen MR) is 68.5 cm³/mol. The zero-order chi connectivity index (χ0) is 11.4. The summed E-state index contributed by atoms with van der Waals surface area (Å²) in [7, 11) is 0. The third-order valence-corrected chi connectivity index (χ3v) is 2.65. The fourth-order valence-electron chi connectivity index (χ4n) is 1.60. The molecule has 0 radical (unpaired) electrons. The average Bonchev–Trinajstić information content (AvgIpc) is 2.39. The van der Waals surface area contributed by atoms with Crippen LogP contribution in [0.15, 0.2) is 59.7 Å². The molecule has 0 amide bonds. The van der Waals surface area contributed by atoms with Crippen molar-refractivity contribution in [2.45, 2.75) is 0 Å². The maximum Gasteiger partial charge on any atom is 0.156 e. The molecule has 0 saturated carbocycles. The molecule has 2 aromatic carbocycles. The van der Waals surface area contributed by atoms with Gasteiger partial charge in [0.2, 0.25) is 0 Å². The quantitative estimate of drug-likeness (QED) is 0.480. The Labute approximate surface area is 99.4 Å². The molecule has 0 bridgehead atoms. The minimum atomic E-state index is 0.319. The van der Waals surface area contributed by atoms with Crippen molar-refractivity contribution in [1.29, 1.82) is 0 Å². The lowest BCUT2D eigenvalue weighted by molar-refractivity contribution is 1.26. The van der Waals surface area contributed by atoms with Crippen molar-refractivity contribution in [3.05, 3.63) is 60.2 Å². The Kier molecular flexibility index (Phi) is 3.22. The standard InChI is InChI=1S/C13H11ClN2/c14-13(16-15)12-9-5-4-8-11(12)10-6-2-1-3-7-10/h1-9H,15H2. The molecule has 0 spiro atoms. The summed E-state index contributed by atoms with van der Waals surface area (Å²) in [5.41, 5.74) is 2.97. The molecule has 16 heavy (non-hydrogen) atoms. The third-order valence-electron chi connectivity index (χ3n) is 2.35. The lowest BCUT2D eigenvalue weighted by atomic mass is 10.0. The van der Waals surface area contributed by atoms with Crippen LogP contribution in [0.2, 0.25) is 0 Å². The van der Waals surface area contributed by atoms with Gasteiger partial charge >= 0.3 is 0 Å². The highest BCUT2D eigenvalue weighted by Gasteiger charge is 2.07. The van der Waals surface area contributed by atoms with Crippen LogP contribution >= 0.6 is 11.6 Å². The Hall–Kier alpha value is -1.80. The average molecular weight is 231 g/mol. The van der Waals surface area contributed by atoms with Crippen LogP contribution in [0.4, 0.5) is 0 Å². The molecule has 0 fully saturated rings. The first-order valence-electron chi connectivity index (χ1n) is 4.91. The fraction of sp³-hybridized carbons (Fsp3) is 0. The van der Waals surface area contributed by atoms with E-state index in [1.165, 1.54) is 0 Å². The maximum atomic E-state index is 5.97. The van der Waals surface area contributed by atoms with E-state index in [0.717, 1.165) is 16.7 Å². The van der Waals surface area contributed by atoms with Crippen LogP contribution in [0.5, 0.6) is 0 Å². The van der Waals surface area contributed by atoms with Crippen molar-refractivity contribution in [2.75, 3.05) is 0 Å². The zero-order valence-electron chi connectivity index (χ0n) is 8.60. The molecular weight excluding hydrogens is 220 g/mol. The van der Waals surface area contributed by atoms with E-state index in [1.807, 2.05) is 54.6 Å². The molecule has 0 aromatic heterocycles. The summed E-state index contributed by atoms with van der Waals surface area (Å²) >= 11 is 5.97. The van der Waals surface area contributed by atoms with Gasteiger partial charge in [0.1, 0.15) is 0 Å². The Balaban J connectivity index is 2.58. The van der Waals surface area contributed by atoms with Gasteiger partial charge in [0.25, 0.3) is 0 Å². The van der Waals surface area contributed by atoms with Crippen LogP contribution in [-0.4, -0.2) is 5.17 Å². The molecule has 0 atom stereocenters. The Morgan fingerprint density at radius 1 is 0.938 bits per heavy atom. The van der Waals surface area contributed by atoms with Gasteiger partial charge in [-0.1, -0.05) is 66.2 Å². The van der Waals surface area contributed by atoms with E-state index in [0.29, 0.717) is 5.17 Å². The van der Waals surface area contributed by atoms with Crippen LogP contribution in [0.25, 0.3) is 11.1 Å². The van der Waals surface area contributed by atoms with Gasteiger partial charge in [0.05, 0.1) is 0 Å². The summed E-state index contributed by atoms with van der Waals surface area (Å²) in [5, 5.41) is 3.85. The predicted octanol–water partition coefficient (Wildman–Crippen LogP) is 3.21. The van der Waals surface area contributed by atoms with Crippen LogP contribution < -0.4 is 5.84 Å². The number of hydrogen-bond donors (Lipinski definition) is 1. The van der Waals surface area contributed by atoms with Gasteiger partial charge in [0.15, 0.2) is 5.17 Å². The normalized spacial score (nSPS) is 11.4. The Morgan fingerprint density at radius 2 is 1.56 bits per heavy atom. The van der Waals surface area contributed by atoms with Gasteiger partial charge in [0, 0.05) is 5.56 Å². The number of hydrogen-bond acceptors (Lipinski definition) is 2. The second kappa shape index (κ2) is 4.81. The highest BCUT2D eigenvalue weighted by molar-refractivity contribution is 6.70. The van der Waals surface area contributed by atoms with Gasteiger partial charge in [-0.05, 0) is 11.1 Å². The summed E-state index contributed by atoms with van der Waals surface area (Å²) in [5.74, 6) is 5.21. The van der Waals surface area contributed by atoms with Crippen molar-refractivity contribution in [2.24, 2.45) is 10.9 Å². The number of rotatable bonds is 2. The van der Waals surface area contributed by atoms with Crippen molar-refractivity contribution >= 4 is 16.8 Å². The number of nitrogens with zero attached hydrogens (tertiary/aromatic N) is 1. The van der Waals surface area contributed by atoms with E-state index in [1.54, 1.807) is 0 Å². The van der Waals surface area contributed by atoms with Gasteiger partial charge in [-0.2, -0.15) is 5.10 Å². The van der Waals surface area contributed by atoms with Crippen LogP contribution in [-0.2, 0) is 0 Å². The van der Waals surface area contributed by atoms with Gasteiger partial charge in [-0.3, -0.25) is 0 Å². The molecule has 2 nitrogen and oxygen atoms in total. The van der Waals surface area contributed by atoms with E-state index in [-0.39, 0.29) is 0 Å². The van der Waals surface area contributed by atoms with E-state index >= 15 is 0 Å². The molecule has 0 saturated heterocycles. The molecule has 0 heterocycles. The first kappa shape index (κ1) is 10.7. The zero-order valence-corrected chi connectivity index (χ0v) is 9.35. The first-order chi connectivity index (χ1) is 7.83. The van der Waals surface area contributed by atoms with Crippen LogP contribution in [0.3, 0.4) is 0 Å². The second-order valence-corrected chi connectivity index (χ2v) is 3.69. The van der Waals surface area contributed by atoms with Gasteiger partial charge < -0.3 is 5.84 Å². The fourth-order valence-corrected chi connectivity index (χ4v) is 1.77. The van der Waals surface area contributed by atoms with Gasteiger partial charge in [-0.15, -0.1) is 0 Å². The first-order valence-corrected chi connectivity index (χ1v) is 5.29. The molecule has 80 valence electrons. The third kappa shape index (κ3) is 2.07. The topological polar surface area (TPSA) is 38.4 Å². The largest absolute Gasteiger partial charge is 0.322 e. The highest BCUT2D eigenvalue weighted by Crippen LogP contribution is 2.24. The van der Waals surface area contributed by atoms with Crippen LogP contribution in [0.1, 0.15) is 5.56 Å². The minimum Gasteiger partial charge on any atom is -0.322 e. The monoisotopic (exact) mass is 230 g/mol. The Morgan fingerprint density at radius 3 is 2.25 bits per heavy atom. The molecule has 0 unspecified atom stereocenters. The lowest BCUT2D eigenvalue weighted by Crippen LogP contribution is -1.98. The molecular formula is C13H11ClN2. The Bertz CT molecular complexity index is 506. The number of hydrazone groups is 1. The molecule has 2 N–H and O–H groups in total. The summed E-state index contributed by atoms with van der Waals surface area (Å²) in [6.07, 6.45) is 0. The summed E-state index contributed by atoms with van der Waals surface area (Å²) in [6.45, 7) is 0. The van der Waals surface area contributed by atoms with E-state index in [4.69, 9.17) is 17.4 Å². The van der Waals surface area contributed by atoms with Crippen molar-refractivity contribution in [3.63, 3.8) is 0 Å². The van der Waals surface area contributed by atoms with Crippen LogP contribution in [0, 0.1) is 0 Å². The van der Waals surface area contributed by atoms with E-state index in [9.17, 15) is 0 Å². The number of benzene rings is 2. The molecule has 3 heteroatoms. The SMILES string of the molecule is NN=C(Cl)c1ccccc1-c1ccccc1. The number of nitrogens with two attached hydrogens (primary N) is 1. The molecule has 0 aliphatic carbocycles. The van der Waals surface area contributed by atoms with E-state index in [2.05, 4.69) is 5.10 Å². The summed E-state index contributed by atoms with van der Waals surface area (Å²) in [6, 6.07) is 17.8. The number of halogens is 1. The minimum absolute atomic E-state index is 0.319. The smallest absolute Gasteiger partial charge is 0.156 e. The molecule has 0 aliphatic heterocycles. The van der Waals surface area contributed by atoms with Crippen molar-refractivity contribution in [3.8, 4) is 11.1 Å². The van der Waals surface area contributed by atoms with Crippen molar-refractivity contribution in [1.82, 2.24) is 0 Å². The summed E-state index contributed by atoms with van der Waals surface area (Å²) in [4.78, 5) is 0. The maximum absolute atomic E-state index is 5.97. The second-order valence-electron chi connectivity index (χ2n) is 3.33. The lowest BCUT2D eigenvalue weighted by Gasteiger charge is -2.07. The van der Waals surface area contributed by atoms with Crippen molar-refractivity contribution < 1.29 is 0 Å². The molecule has 2 aromatic rings. The highest BCUT2D eigenvalue weighted by atomic mass is 35.5. The molecule has 2 rings (SSSR count).